The van der Waals surface area contributed by atoms with Crippen LogP contribution in [0.25, 0.3) is 0 Å². The van der Waals surface area contributed by atoms with Crippen molar-refractivity contribution in [2.24, 2.45) is 0 Å². The molecular weight excluding hydrogens is 360 g/mol. The van der Waals surface area contributed by atoms with Crippen LogP contribution in [-0.4, -0.2) is 25.5 Å². The quantitative estimate of drug-likeness (QED) is 0.754. The first-order valence-corrected chi connectivity index (χ1v) is 7.86. The molecule has 0 heterocycles. The van der Waals surface area contributed by atoms with Gasteiger partial charge in [0.15, 0.2) is 0 Å². The molecule has 2 aromatic rings. The van der Waals surface area contributed by atoms with Gasteiger partial charge >= 0.3 is 5.97 Å². The van der Waals surface area contributed by atoms with E-state index in [2.05, 4.69) is 26.6 Å². The van der Waals surface area contributed by atoms with Gasteiger partial charge in [-0.1, -0.05) is 28.1 Å². The number of amides is 1. The van der Waals surface area contributed by atoms with Crippen molar-refractivity contribution in [3.63, 3.8) is 0 Å². The van der Waals surface area contributed by atoms with E-state index in [4.69, 9.17) is 4.74 Å². The predicted octanol–water partition coefficient (Wildman–Crippen LogP) is 3.68. The maximum absolute atomic E-state index is 11.9. The summed E-state index contributed by atoms with van der Waals surface area (Å²) in [6.45, 7) is 0.413. The molecule has 2 aromatic carbocycles. The van der Waals surface area contributed by atoms with Crippen molar-refractivity contribution >= 4 is 39.2 Å². The van der Waals surface area contributed by atoms with E-state index in [1.165, 1.54) is 7.11 Å². The third-order valence-electron chi connectivity index (χ3n) is 3.13. The Morgan fingerprint density at radius 1 is 1.09 bits per heavy atom. The van der Waals surface area contributed by atoms with Gasteiger partial charge in [-0.15, -0.1) is 0 Å². The number of nitrogens with one attached hydrogen (secondary N) is 2. The molecule has 1 amide bonds. The molecule has 120 valence electrons. The van der Waals surface area contributed by atoms with Gasteiger partial charge in [-0.3, -0.25) is 4.79 Å². The highest BCUT2D eigenvalue weighted by Crippen LogP contribution is 2.16. The van der Waals surface area contributed by atoms with Crippen molar-refractivity contribution in [3.05, 3.63) is 58.6 Å². The lowest BCUT2D eigenvalue weighted by Gasteiger charge is -2.10. The zero-order chi connectivity index (χ0) is 16.7. The topological polar surface area (TPSA) is 67.4 Å². The van der Waals surface area contributed by atoms with Crippen LogP contribution in [0.15, 0.2) is 53.0 Å². The number of benzene rings is 2. The first-order chi connectivity index (χ1) is 11.1. The third kappa shape index (κ3) is 5.10. The van der Waals surface area contributed by atoms with Crippen LogP contribution in [-0.2, 0) is 9.53 Å². The lowest BCUT2D eigenvalue weighted by Crippen LogP contribution is -2.17. The van der Waals surface area contributed by atoms with E-state index in [-0.39, 0.29) is 12.3 Å². The number of anilines is 2. The standard InChI is InChI=1S/C17H17BrN2O3/c1-23-17(22)14-4-2-3-5-15(14)19-11-10-16(21)20-13-8-6-12(18)7-9-13/h2-9,19H,10-11H2,1H3,(H,20,21). The summed E-state index contributed by atoms with van der Waals surface area (Å²) < 4.78 is 5.69. The second kappa shape index (κ2) is 8.33. The Kier molecular flexibility index (Phi) is 6.17. The van der Waals surface area contributed by atoms with Crippen molar-refractivity contribution < 1.29 is 14.3 Å². The van der Waals surface area contributed by atoms with E-state index in [1.54, 1.807) is 18.2 Å². The summed E-state index contributed by atoms with van der Waals surface area (Å²) in [7, 11) is 1.34. The van der Waals surface area contributed by atoms with Crippen LogP contribution >= 0.6 is 15.9 Å². The summed E-state index contributed by atoms with van der Waals surface area (Å²) in [5, 5.41) is 5.90. The Morgan fingerprint density at radius 3 is 2.48 bits per heavy atom. The number of carbonyl (C=O) groups excluding carboxylic acids is 2. The molecule has 0 radical (unpaired) electrons. The number of rotatable bonds is 6. The van der Waals surface area contributed by atoms with Crippen LogP contribution in [0, 0.1) is 0 Å². The number of carbonyl (C=O) groups is 2. The summed E-state index contributed by atoms with van der Waals surface area (Å²) in [5.41, 5.74) is 1.84. The molecule has 0 aromatic heterocycles. The Bertz CT molecular complexity index is 686. The van der Waals surface area contributed by atoms with Gasteiger partial charge < -0.3 is 15.4 Å². The minimum Gasteiger partial charge on any atom is -0.465 e. The van der Waals surface area contributed by atoms with E-state index >= 15 is 0 Å². The minimum atomic E-state index is -0.410. The van der Waals surface area contributed by atoms with Crippen molar-refractivity contribution in [3.8, 4) is 0 Å². The summed E-state index contributed by atoms with van der Waals surface area (Å²) in [4.78, 5) is 23.6. The van der Waals surface area contributed by atoms with Gasteiger partial charge in [0.2, 0.25) is 5.91 Å². The molecular formula is C17H17BrN2O3. The number of esters is 1. The molecule has 0 spiro atoms. The second-order valence-electron chi connectivity index (χ2n) is 4.77. The van der Waals surface area contributed by atoms with E-state index in [9.17, 15) is 9.59 Å². The van der Waals surface area contributed by atoms with Crippen LogP contribution in [0.4, 0.5) is 11.4 Å². The highest BCUT2D eigenvalue weighted by Gasteiger charge is 2.10. The summed E-state index contributed by atoms with van der Waals surface area (Å²) in [6, 6.07) is 14.4. The first kappa shape index (κ1) is 17.0. The SMILES string of the molecule is COC(=O)c1ccccc1NCCC(=O)Nc1ccc(Br)cc1. The number of hydrogen-bond donors (Lipinski definition) is 2. The van der Waals surface area contributed by atoms with Gasteiger partial charge in [0.05, 0.1) is 12.7 Å². The molecule has 23 heavy (non-hydrogen) atoms. The molecule has 6 heteroatoms. The first-order valence-electron chi connectivity index (χ1n) is 7.07. The predicted molar refractivity (Wildman–Crippen MR) is 93.7 cm³/mol. The van der Waals surface area contributed by atoms with E-state index in [0.29, 0.717) is 17.8 Å². The van der Waals surface area contributed by atoms with Crippen LogP contribution in [0.5, 0.6) is 0 Å². The number of hydrogen-bond acceptors (Lipinski definition) is 4. The smallest absolute Gasteiger partial charge is 0.339 e. The molecule has 0 unspecified atom stereocenters. The highest BCUT2D eigenvalue weighted by molar-refractivity contribution is 9.10. The largest absolute Gasteiger partial charge is 0.465 e. The van der Waals surface area contributed by atoms with Crippen molar-refractivity contribution in [1.82, 2.24) is 0 Å². The molecule has 0 aliphatic heterocycles. The molecule has 2 N–H and O–H groups in total. The minimum absolute atomic E-state index is 0.102. The Hall–Kier alpha value is -2.34. The Morgan fingerprint density at radius 2 is 1.78 bits per heavy atom. The fourth-order valence-electron chi connectivity index (χ4n) is 1.99. The molecule has 0 fully saturated rings. The second-order valence-corrected chi connectivity index (χ2v) is 5.68. The molecule has 5 nitrogen and oxygen atoms in total. The van der Waals surface area contributed by atoms with Crippen LogP contribution < -0.4 is 10.6 Å². The molecule has 0 aliphatic carbocycles. The van der Waals surface area contributed by atoms with Crippen molar-refractivity contribution in [2.75, 3.05) is 24.3 Å². The van der Waals surface area contributed by atoms with E-state index in [0.717, 1.165) is 10.2 Å². The molecule has 0 saturated carbocycles. The van der Waals surface area contributed by atoms with Crippen LogP contribution in [0.1, 0.15) is 16.8 Å². The summed E-state index contributed by atoms with van der Waals surface area (Å²) in [5.74, 6) is -0.511. The molecule has 0 aliphatic rings. The summed E-state index contributed by atoms with van der Waals surface area (Å²) >= 11 is 3.34. The Labute approximate surface area is 143 Å². The van der Waals surface area contributed by atoms with Gasteiger partial charge in [0, 0.05) is 28.8 Å². The molecule has 0 saturated heterocycles. The van der Waals surface area contributed by atoms with Gasteiger partial charge in [-0.05, 0) is 36.4 Å². The average molecular weight is 377 g/mol. The van der Waals surface area contributed by atoms with Gasteiger partial charge in [0.1, 0.15) is 0 Å². The maximum Gasteiger partial charge on any atom is 0.339 e. The highest BCUT2D eigenvalue weighted by atomic mass is 79.9. The lowest BCUT2D eigenvalue weighted by atomic mass is 10.2. The monoisotopic (exact) mass is 376 g/mol. The zero-order valence-electron chi connectivity index (χ0n) is 12.6. The maximum atomic E-state index is 11.9. The van der Waals surface area contributed by atoms with E-state index < -0.39 is 5.97 Å². The van der Waals surface area contributed by atoms with Crippen LogP contribution in [0.2, 0.25) is 0 Å². The third-order valence-corrected chi connectivity index (χ3v) is 3.66. The lowest BCUT2D eigenvalue weighted by molar-refractivity contribution is -0.115. The molecule has 0 atom stereocenters. The normalized spacial score (nSPS) is 10.0. The van der Waals surface area contributed by atoms with Crippen molar-refractivity contribution in [2.45, 2.75) is 6.42 Å². The summed E-state index contributed by atoms with van der Waals surface area (Å²) in [6.07, 6.45) is 0.283. The number of methoxy groups -OCH3 is 1. The zero-order valence-corrected chi connectivity index (χ0v) is 14.2. The number of ether oxygens (including phenoxy) is 1. The fourth-order valence-corrected chi connectivity index (χ4v) is 2.26. The van der Waals surface area contributed by atoms with Gasteiger partial charge in [0.25, 0.3) is 0 Å². The van der Waals surface area contributed by atoms with Gasteiger partial charge in [-0.25, -0.2) is 4.79 Å². The Balaban J connectivity index is 1.86. The van der Waals surface area contributed by atoms with Gasteiger partial charge in [-0.2, -0.15) is 0 Å². The van der Waals surface area contributed by atoms with Crippen LogP contribution in [0.3, 0.4) is 0 Å². The number of halogens is 1. The fraction of sp³-hybridized carbons (Fsp3) is 0.176. The number of para-hydroxylation sites is 1. The average Bonchev–Trinajstić information content (AvgIpc) is 2.57. The molecule has 0 bridgehead atoms. The van der Waals surface area contributed by atoms with Crippen molar-refractivity contribution in [1.29, 1.82) is 0 Å². The van der Waals surface area contributed by atoms with E-state index in [1.807, 2.05) is 30.3 Å². The molecule has 2 rings (SSSR count).